The van der Waals surface area contributed by atoms with Gasteiger partial charge in [-0.3, -0.25) is 4.79 Å². The molecule has 2 aromatic carbocycles. The number of fused-ring (bicyclic) bond motifs is 1. The zero-order chi connectivity index (χ0) is 22.4. The summed E-state index contributed by atoms with van der Waals surface area (Å²) >= 11 is 0. The van der Waals surface area contributed by atoms with E-state index in [1.54, 1.807) is 26.4 Å². The lowest BCUT2D eigenvalue weighted by Crippen LogP contribution is -2.39. The molecule has 0 aromatic heterocycles. The molecule has 0 saturated heterocycles. The lowest BCUT2D eigenvalue weighted by Gasteiger charge is -2.21. The fraction of sp³-hybridized carbons (Fsp3) is 0.381. The summed E-state index contributed by atoms with van der Waals surface area (Å²) in [5, 5.41) is 2.74. The van der Waals surface area contributed by atoms with Gasteiger partial charge >= 0.3 is 0 Å². The number of rotatable bonds is 9. The molecular formula is C21H26N2O7S. The molecule has 0 bridgehead atoms. The van der Waals surface area contributed by atoms with Gasteiger partial charge in [0, 0.05) is 19.7 Å². The van der Waals surface area contributed by atoms with E-state index in [4.69, 9.17) is 18.9 Å². The molecule has 0 atom stereocenters. The number of likely N-dealkylation sites (N-methyl/N-ethyl adjacent to an activating group) is 1. The van der Waals surface area contributed by atoms with E-state index in [0.717, 1.165) is 9.87 Å². The van der Waals surface area contributed by atoms with Crippen LogP contribution in [0.1, 0.15) is 5.56 Å². The molecule has 10 heteroatoms. The molecule has 0 spiro atoms. The topological polar surface area (TPSA) is 103 Å². The smallest absolute Gasteiger partial charge is 0.243 e. The van der Waals surface area contributed by atoms with Crippen LogP contribution in [0, 0.1) is 0 Å². The van der Waals surface area contributed by atoms with Gasteiger partial charge in [0.2, 0.25) is 15.9 Å². The fourth-order valence-electron chi connectivity index (χ4n) is 3.09. The number of methoxy groups -OCH3 is 2. The summed E-state index contributed by atoms with van der Waals surface area (Å²) in [6, 6.07) is 9.92. The molecule has 0 saturated carbocycles. The number of benzene rings is 2. The number of ether oxygens (including phenoxy) is 4. The van der Waals surface area contributed by atoms with Crippen LogP contribution in [0.5, 0.6) is 23.0 Å². The Balaban J connectivity index is 1.55. The Hall–Kier alpha value is -2.98. The molecule has 1 aliphatic heterocycles. The van der Waals surface area contributed by atoms with Crippen molar-refractivity contribution >= 4 is 15.9 Å². The number of nitrogens with one attached hydrogen (secondary N) is 1. The van der Waals surface area contributed by atoms with Crippen LogP contribution in [0.2, 0.25) is 0 Å². The molecule has 0 radical (unpaired) electrons. The van der Waals surface area contributed by atoms with Gasteiger partial charge in [0.25, 0.3) is 0 Å². The number of amides is 1. The summed E-state index contributed by atoms with van der Waals surface area (Å²) in [6.07, 6.45) is 0.560. The van der Waals surface area contributed by atoms with E-state index in [1.165, 1.54) is 19.2 Å². The first-order valence-electron chi connectivity index (χ1n) is 9.68. The normalized spacial score (nSPS) is 13.0. The molecule has 168 valence electrons. The largest absolute Gasteiger partial charge is 0.493 e. The molecule has 31 heavy (non-hydrogen) atoms. The van der Waals surface area contributed by atoms with Crippen molar-refractivity contribution < 1.29 is 32.2 Å². The Kier molecular flexibility index (Phi) is 7.24. The average Bonchev–Trinajstić information content (AvgIpc) is 2.78. The Morgan fingerprint density at radius 2 is 1.74 bits per heavy atom. The first kappa shape index (κ1) is 22.7. The van der Waals surface area contributed by atoms with Crippen LogP contribution in [0.25, 0.3) is 0 Å². The summed E-state index contributed by atoms with van der Waals surface area (Å²) in [5.41, 5.74) is 0.954. The first-order chi connectivity index (χ1) is 14.8. The van der Waals surface area contributed by atoms with Crippen LogP contribution in [0.4, 0.5) is 0 Å². The maximum atomic E-state index is 12.8. The van der Waals surface area contributed by atoms with E-state index in [-0.39, 0.29) is 11.4 Å². The van der Waals surface area contributed by atoms with Crippen molar-refractivity contribution in [1.82, 2.24) is 9.62 Å². The monoisotopic (exact) mass is 450 g/mol. The van der Waals surface area contributed by atoms with Gasteiger partial charge in [-0.15, -0.1) is 0 Å². The Bertz CT molecular complexity index is 1040. The SMILES string of the molecule is COc1ccc(CCNC(=O)CN(C)S(=O)(=O)c2ccc3c(c2)OCCO3)cc1OC. The number of hydrogen-bond donors (Lipinski definition) is 1. The third kappa shape index (κ3) is 5.39. The Labute approximate surface area is 181 Å². The second kappa shape index (κ2) is 9.88. The molecular weight excluding hydrogens is 424 g/mol. The minimum Gasteiger partial charge on any atom is -0.493 e. The van der Waals surface area contributed by atoms with E-state index in [9.17, 15) is 13.2 Å². The van der Waals surface area contributed by atoms with Gasteiger partial charge in [-0.2, -0.15) is 4.31 Å². The van der Waals surface area contributed by atoms with Crippen molar-refractivity contribution in [2.24, 2.45) is 0 Å². The van der Waals surface area contributed by atoms with E-state index in [2.05, 4.69) is 5.32 Å². The van der Waals surface area contributed by atoms with Crippen LogP contribution in [-0.2, 0) is 21.2 Å². The third-order valence-corrected chi connectivity index (χ3v) is 6.57. The van der Waals surface area contributed by atoms with Gasteiger partial charge in [-0.05, 0) is 36.2 Å². The second-order valence-electron chi connectivity index (χ2n) is 6.86. The molecule has 1 aliphatic rings. The van der Waals surface area contributed by atoms with Crippen LogP contribution < -0.4 is 24.3 Å². The predicted octanol–water partition coefficient (Wildman–Crippen LogP) is 1.45. The minimum atomic E-state index is -3.85. The van der Waals surface area contributed by atoms with Gasteiger partial charge in [0.05, 0.1) is 25.7 Å². The molecule has 9 nitrogen and oxygen atoms in total. The number of carbonyl (C=O) groups is 1. The molecule has 1 N–H and O–H groups in total. The van der Waals surface area contributed by atoms with Crippen molar-refractivity contribution in [2.75, 3.05) is 47.6 Å². The molecule has 1 heterocycles. The predicted molar refractivity (Wildman–Crippen MR) is 114 cm³/mol. The van der Waals surface area contributed by atoms with E-state index in [1.807, 2.05) is 12.1 Å². The van der Waals surface area contributed by atoms with Crippen LogP contribution in [0.3, 0.4) is 0 Å². The summed E-state index contributed by atoms with van der Waals surface area (Å²) in [6.45, 7) is 0.826. The zero-order valence-electron chi connectivity index (χ0n) is 17.7. The van der Waals surface area contributed by atoms with E-state index in [0.29, 0.717) is 49.2 Å². The zero-order valence-corrected chi connectivity index (χ0v) is 18.5. The van der Waals surface area contributed by atoms with Gasteiger partial charge in [0.1, 0.15) is 13.2 Å². The Morgan fingerprint density at radius 3 is 2.45 bits per heavy atom. The highest BCUT2D eigenvalue weighted by atomic mass is 32.2. The highest BCUT2D eigenvalue weighted by Gasteiger charge is 2.25. The summed E-state index contributed by atoms with van der Waals surface area (Å²) in [4.78, 5) is 12.3. The molecule has 0 unspecified atom stereocenters. The van der Waals surface area contributed by atoms with E-state index < -0.39 is 15.9 Å². The number of nitrogens with zero attached hydrogens (tertiary/aromatic N) is 1. The summed E-state index contributed by atoms with van der Waals surface area (Å²) in [7, 11) is 0.626. The number of hydrogen-bond acceptors (Lipinski definition) is 7. The van der Waals surface area contributed by atoms with Crippen molar-refractivity contribution in [1.29, 1.82) is 0 Å². The highest BCUT2D eigenvalue weighted by molar-refractivity contribution is 7.89. The molecule has 2 aromatic rings. The fourth-order valence-corrected chi connectivity index (χ4v) is 4.23. The third-order valence-electron chi connectivity index (χ3n) is 4.77. The first-order valence-corrected chi connectivity index (χ1v) is 11.1. The van der Waals surface area contributed by atoms with Crippen LogP contribution in [-0.4, -0.2) is 66.2 Å². The van der Waals surface area contributed by atoms with Gasteiger partial charge in [-0.1, -0.05) is 6.07 Å². The maximum Gasteiger partial charge on any atom is 0.243 e. The highest BCUT2D eigenvalue weighted by Crippen LogP contribution is 2.33. The standard InChI is InChI=1S/C21H26N2O7S/c1-23(31(25,26)16-5-7-18-20(13-16)30-11-10-29-18)14-21(24)22-9-8-15-4-6-17(27-2)19(12-15)28-3/h4-7,12-13H,8-11,14H2,1-3H3,(H,22,24). The van der Waals surface area contributed by atoms with Crippen molar-refractivity contribution in [2.45, 2.75) is 11.3 Å². The molecule has 0 fully saturated rings. The summed E-state index contributed by atoms with van der Waals surface area (Å²) < 4.78 is 47.9. The molecule has 3 rings (SSSR count). The number of carbonyl (C=O) groups excluding carboxylic acids is 1. The molecule has 0 aliphatic carbocycles. The van der Waals surface area contributed by atoms with Crippen molar-refractivity contribution in [3.8, 4) is 23.0 Å². The minimum absolute atomic E-state index is 0.0392. The Morgan fingerprint density at radius 1 is 1.03 bits per heavy atom. The van der Waals surface area contributed by atoms with Crippen molar-refractivity contribution in [3.05, 3.63) is 42.0 Å². The lowest BCUT2D eigenvalue weighted by atomic mass is 10.1. The van der Waals surface area contributed by atoms with Crippen LogP contribution in [0.15, 0.2) is 41.3 Å². The van der Waals surface area contributed by atoms with Gasteiger partial charge in [-0.25, -0.2) is 8.42 Å². The maximum absolute atomic E-state index is 12.8. The average molecular weight is 451 g/mol. The van der Waals surface area contributed by atoms with Gasteiger partial charge in [0.15, 0.2) is 23.0 Å². The van der Waals surface area contributed by atoms with Crippen molar-refractivity contribution in [3.63, 3.8) is 0 Å². The lowest BCUT2D eigenvalue weighted by molar-refractivity contribution is -0.121. The molecule has 1 amide bonds. The van der Waals surface area contributed by atoms with E-state index >= 15 is 0 Å². The van der Waals surface area contributed by atoms with Gasteiger partial charge < -0.3 is 24.3 Å². The van der Waals surface area contributed by atoms with Crippen LogP contribution >= 0.6 is 0 Å². The number of sulfonamides is 1. The second-order valence-corrected chi connectivity index (χ2v) is 8.90. The summed E-state index contributed by atoms with van der Waals surface area (Å²) in [5.74, 6) is 1.71. The quantitative estimate of drug-likeness (QED) is 0.617.